The number of rotatable bonds is 9. The van der Waals surface area contributed by atoms with Crippen molar-refractivity contribution in [3.63, 3.8) is 0 Å². The Morgan fingerprint density at radius 1 is 0.970 bits per heavy atom. The monoisotopic (exact) mass is 456 g/mol. The lowest BCUT2D eigenvalue weighted by molar-refractivity contribution is -0.137. The minimum Gasteiger partial charge on any atom is -0.390 e. The summed E-state index contributed by atoms with van der Waals surface area (Å²) < 4.78 is 53.5. The number of alkyl halides is 3. The maximum atomic E-state index is 14.9. The van der Waals surface area contributed by atoms with Crippen molar-refractivity contribution < 1.29 is 17.6 Å². The molecule has 0 saturated heterocycles. The van der Waals surface area contributed by atoms with E-state index in [4.69, 9.17) is 0 Å². The molecule has 3 aromatic rings. The van der Waals surface area contributed by atoms with Crippen LogP contribution < -0.4 is 10.6 Å². The summed E-state index contributed by atoms with van der Waals surface area (Å²) in [6, 6.07) is 19.1. The lowest BCUT2D eigenvalue weighted by Gasteiger charge is -2.29. The Bertz CT molecular complexity index is 1060. The first-order chi connectivity index (χ1) is 15.7. The molecule has 174 valence electrons. The van der Waals surface area contributed by atoms with Gasteiger partial charge >= 0.3 is 6.18 Å². The van der Waals surface area contributed by atoms with Gasteiger partial charge in [-0.2, -0.15) is 13.2 Å². The zero-order chi connectivity index (χ0) is 24.0. The summed E-state index contributed by atoms with van der Waals surface area (Å²) in [5.74, 6) is -0.326. The Kier molecular flexibility index (Phi) is 7.92. The smallest absolute Gasteiger partial charge is 0.390 e. The van der Waals surface area contributed by atoms with E-state index in [9.17, 15) is 17.6 Å². The van der Waals surface area contributed by atoms with Gasteiger partial charge in [0.2, 0.25) is 0 Å². The van der Waals surface area contributed by atoms with E-state index in [-0.39, 0.29) is 17.9 Å². The van der Waals surface area contributed by atoms with Crippen LogP contribution in [0.25, 0.3) is 0 Å². The fourth-order valence-corrected chi connectivity index (χ4v) is 3.82. The number of hydrogen-bond acceptors (Lipinski definition) is 2. The Morgan fingerprint density at radius 2 is 1.64 bits per heavy atom. The maximum absolute atomic E-state index is 14.9. The Hall–Kier alpha value is -3.12. The summed E-state index contributed by atoms with van der Waals surface area (Å²) in [6.07, 6.45) is -3.40. The zero-order valence-electron chi connectivity index (χ0n) is 18.7. The lowest BCUT2D eigenvalue weighted by Crippen LogP contribution is -2.32. The first kappa shape index (κ1) is 24.5. The van der Waals surface area contributed by atoms with Crippen LogP contribution >= 0.6 is 0 Å². The van der Waals surface area contributed by atoms with Crippen molar-refractivity contribution in [2.45, 2.75) is 38.0 Å². The van der Waals surface area contributed by atoms with Crippen LogP contribution in [0.2, 0.25) is 0 Å². The third kappa shape index (κ3) is 6.45. The van der Waals surface area contributed by atoms with E-state index in [2.05, 4.69) is 17.2 Å². The van der Waals surface area contributed by atoms with Crippen molar-refractivity contribution in [3.05, 3.63) is 119 Å². The molecule has 0 spiro atoms. The number of hydrogen-bond donors (Lipinski definition) is 2. The molecule has 3 aromatic carbocycles. The summed E-state index contributed by atoms with van der Waals surface area (Å²) in [7, 11) is 1.78. The average molecular weight is 457 g/mol. The van der Waals surface area contributed by atoms with Crippen LogP contribution in [0.15, 0.2) is 85.1 Å². The van der Waals surface area contributed by atoms with Crippen molar-refractivity contribution >= 4 is 0 Å². The number of halogens is 4. The highest BCUT2D eigenvalue weighted by Crippen LogP contribution is 2.31. The largest absolute Gasteiger partial charge is 0.416 e. The zero-order valence-corrected chi connectivity index (χ0v) is 18.7. The van der Waals surface area contributed by atoms with Crippen molar-refractivity contribution in [1.29, 1.82) is 0 Å². The van der Waals surface area contributed by atoms with Gasteiger partial charge in [-0.15, -0.1) is 0 Å². The molecule has 0 amide bonds. The third-order valence-electron chi connectivity index (χ3n) is 5.70. The van der Waals surface area contributed by atoms with Crippen molar-refractivity contribution in [2.75, 3.05) is 7.05 Å². The van der Waals surface area contributed by atoms with E-state index in [1.165, 1.54) is 18.2 Å². The molecule has 6 heteroatoms. The standard InChI is InChI=1S/C27H28F4N2/c1-18-9-15-24(28)23(17-18)25(16-12-20-10-13-22(14-11-20)27(29,30)31)33-26(19(2)32-3)21-7-5-4-6-8-21/h4-11,13-15,17,25-26,32-33H,2,12,16H2,1,3H3/t25-,26-/m0/s1. The maximum Gasteiger partial charge on any atom is 0.416 e. The van der Waals surface area contributed by atoms with Gasteiger partial charge in [-0.05, 0) is 49.1 Å². The molecular formula is C27H28F4N2. The van der Waals surface area contributed by atoms with Gasteiger partial charge in [-0.1, -0.05) is 66.7 Å². The van der Waals surface area contributed by atoms with Crippen LogP contribution in [0.4, 0.5) is 17.6 Å². The summed E-state index contributed by atoms with van der Waals surface area (Å²) in [6.45, 7) is 6.01. The molecule has 0 fully saturated rings. The van der Waals surface area contributed by atoms with Gasteiger partial charge in [-0.3, -0.25) is 5.32 Å². The van der Waals surface area contributed by atoms with Gasteiger partial charge in [0.15, 0.2) is 0 Å². The number of likely N-dealkylation sites (N-methyl/N-ethyl adjacent to an activating group) is 1. The van der Waals surface area contributed by atoms with E-state index in [0.29, 0.717) is 18.4 Å². The molecule has 0 heterocycles. The van der Waals surface area contributed by atoms with Gasteiger partial charge in [0.05, 0.1) is 11.6 Å². The van der Waals surface area contributed by atoms with E-state index in [1.807, 2.05) is 43.3 Å². The van der Waals surface area contributed by atoms with E-state index in [0.717, 1.165) is 34.5 Å². The SMILES string of the molecule is C=C(NC)[C@H](N[C@@H](CCc1ccc(C(F)(F)F)cc1)c1cc(C)ccc1F)c1ccccc1. The van der Waals surface area contributed by atoms with Gasteiger partial charge in [0.25, 0.3) is 0 Å². The topological polar surface area (TPSA) is 24.1 Å². The molecule has 2 atom stereocenters. The third-order valence-corrected chi connectivity index (χ3v) is 5.70. The molecule has 0 aromatic heterocycles. The molecule has 0 bridgehead atoms. The number of nitrogens with one attached hydrogen (secondary N) is 2. The van der Waals surface area contributed by atoms with Crippen LogP contribution in [0.1, 0.15) is 46.3 Å². The first-order valence-corrected chi connectivity index (χ1v) is 10.8. The van der Waals surface area contributed by atoms with Gasteiger partial charge in [-0.25, -0.2) is 4.39 Å². The molecule has 2 N–H and O–H groups in total. The molecule has 3 rings (SSSR count). The van der Waals surface area contributed by atoms with Crippen LogP contribution in [0, 0.1) is 12.7 Å². The van der Waals surface area contributed by atoms with Gasteiger partial charge in [0.1, 0.15) is 5.82 Å². The molecular weight excluding hydrogens is 428 g/mol. The molecule has 0 aliphatic rings. The molecule has 0 radical (unpaired) electrons. The van der Waals surface area contributed by atoms with Crippen molar-refractivity contribution in [2.24, 2.45) is 0 Å². The van der Waals surface area contributed by atoms with Crippen LogP contribution in [0.3, 0.4) is 0 Å². The first-order valence-electron chi connectivity index (χ1n) is 10.8. The van der Waals surface area contributed by atoms with Crippen LogP contribution in [-0.4, -0.2) is 7.05 Å². The highest BCUT2D eigenvalue weighted by molar-refractivity contribution is 5.31. The quantitative estimate of drug-likeness (QED) is 0.343. The minimum absolute atomic E-state index is 0.284. The second-order valence-corrected chi connectivity index (χ2v) is 8.10. The molecule has 0 aliphatic carbocycles. The summed E-state index contributed by atoms with van der Waals surface area (Å²) >= 11 is 0. The molecule has 0 saturated carbocycles. The second-order valence-electron chi connectivity index (χ2n) is 8.10. The van der Waals surface area contributed by atoms with Crippen molar-refractivity contribution in [1.82, 2.24) is 10.6 Å². The van der Waals surface area contributed by atoms with Gasteiger partial charge in [0, 0.05) is 24.4 Å². The number of aryl methyl sites for hydroxylation is 2. The molecule has 33 heavy (non-hydrogen) atoms. The lowest BCUT2D eigenvalue weighted by atomic mass is 9.94. The fraction of sp³-hybridized carbons (Fsp3) is 0.259. The second kappa shape index (κ2) is 10.7. The summed E-state index contributed by atoms with van der Waals surface area (Å²) in [5.41, 5.74) is 3.23. The van der Waals surface area contributed by atoms with E-state index >= 15 is 0 Å². The van der Waals surface area contributed by atoms with Crippen molar-refractivity contribution in [3.8, 4) is 0 Å². The normalized spacial score (nSPS) is 13.4. The summed E-state index contributed by atoms with van der Waals surface area (Å²) in [5, 5.41) is 6.61. The number of benzene rings is 3. The minimum atomic E-state index is -4.37. The Balaban J connectivity index is 1.89. The highest BCUT2D eigenvalue weighted by atomic mass is 19.4. The Labute approximate surface area is 192 Å². The highest BCUT2D eigenvalue weighted by Gasteiger charge is 2.30. The molecule has 0 unspecified atom stereocenters. The predicted octanol–water partition coefficient (Wildman–Crippen LogP) is 6.89. The van der Waals surface area contributed by atoms with E-state index < -0.39 is 11.7 Å². The Morgan fingerprint density at radius 3 is 2.24 bits per heavy atom. The van der Waals surface area contributed by atoms with E-state index in [1.54, 1.807) is 13.1 Å². The molecule has 2 nitrogen and oxygen atoms in total. The summed E-state index contributed by atoms with van der Waals surface area (Å²) in [4.78, 5) is 0. The predicted molar refractivity (Wildman–Crippen MR) is 124 cm³/mol. The fourth-order valence-electron chi connectivity index (χ4n) is 3.82. The molecule has 0 aliphatic heterocycles. The van der Waals surface area contributed by atoms with Crippen LogP contribution in [-0.2, 0) is 12.6 Å². The average Bonchev–Trinajstić information content (AvgIpc) is 2.81. The van der Waals surface area contributed by atoms with Gasteiger partial charge < -0.3 is 5.32 Å². The van der Waals surface area contributed by atoms with Crippen LogP contribution in [0.5, 0.6) is 0 Å².